The van der Waals surface area contributed by atoms with Gasteiger partial charge in [-0.1, -0.05) is 25.5 Å². The molecule has 1 aliphatic carbocycles. The summed E-state index contributed by atoms with van der Waals surface area (Å²) >= 11 is 0. The molecular weight excluding hydrogens is 308 g/mol. The molecule has 0 amide bonds. The molecule has 0 aromatic heterocycles. The van der Waals surface area contributed by atoms with Crippen LogP contribution in [0.4, 0.5) is 0 Å². The zero-order valence-electron chi connectivity index (χ0n) is 15.6. The van der Waals surface area contributed by atoms with Gasteiger partial charge in [-0.15, -0.1) is 0 Å². The Bertz CT molecular complexity index is 524. The van der Waals surface area contributed by atoms with Crippen molar-refractivity contribution < 1.29 is 23.8 Å². The van der Waals surface area contributed by atoms with Gasteiger partial charge in [0.15, 0.2) is 0 Å². The molecule has 0 N–H and O–H groups in total. The van der Waals surface area contributed by atoms with Crippen molar-refractivity contribution >= 4 is 11.9 Å². The van der Waals surface area contributed by atoms with Crippen LogP contribution in [0.1, 0.15) is 60.8 Å². The second-order valence-corrected chi connectivity index (χ2v) is 7.69. The van der Waals surface area contributed by atoms with Crippen molar-refractivity contribution in [1.29, 1.82) is 0 Å². The Morgan fingerprint density at radius 2 is 1.88 bits per heavy atom. The number of hydrogen-bond acceptors (Lipinski definition) is 5. The number of ether oxygens (including phenoxy) is 3. The van der Waals surface area contributed by atoms with E-state index in [1.807, 2.05) is 0 Å². The van der Waals surface area contributed by atoms with Gasteiger partial charge in [-0.3, -0.25) is 9.59 Å². The topological polar surface area (TPSA) is 65.1 Å². The van der Waals surface area contributed by atoms with Gasteiger partial charge >= 0.3 is 11.9 Å². The van der Waals surface area contributed by atoms with Gasteiger partial charge in [0.1, 0.15) is 18.3 Å². The number of epoxide rings is 1. The minimum absolute atomic E-state index is 0.105. The molecule has 0 unspecified atom stereocenters. The molecule has 5 nitrogen and oxygen atoms in total. The highest BCUT2D eigenvalue weighted by atomic mass is 16.6. The van der Waals surface area contributed by atoms with Crippen molar-refractivity contribution in [3.63, 3.8) is 0 Å². The fourth-order valence-corrected chi connectivity index (χ4v) is 3.90. The van der Waals surface area contributed by atoms with Gasteiger partial charge in [0.05, 0.1) is 5.60 Å². The van der Waals surface area contributed by atoms with Gasteiger partial charge in [-0.2, -0.15) is 0 Å². The number of fused-ring (bicyclic) bond motifs is 1. The fraction of sp³-hybridized carbons (Fsp3) is 0.789. The third-order valence-electron chi connectivity index (χ3n) is 5.09. The molecule has 0 spiro atoms. The first-order valence-electron chi connectivity index (χ1n) is 8.82. The molecule has 1 fully saturated rings. The van der Waals surface area contributed by atoms with E-state index in [9.17, 15) is 9.59 Å². The minimum Gasteiger partial charge on any atom is -0.462 e. The standard InChI is InChI=1S/C19H30O5/c1-11(2)16-15(22-13(4)20)10-12(3)8-7-9-19(6)18(24-19)17(16)23-14(5)21/h8,11,15-18H,7,9-10H2,1-6H3/t15-,16+,17-,18+,19+/m1/s1. The van der Waals surface area contributed by atoms with Crippen LogP contribution in [0, 0.1) is 11.8 Å². The highest BCUT2D eigenvalue weighted by molar-refractivity contribution is 5.67. The summed E-state index contributed by atoms with van der Waals surface area (Å²) in [7, 11) is 0. The van der Waals surface area contributed by atoms with Crippen LogP contribution in [0.15, 0.2) is 11.6 Å². The second-order valence-electron chi connectivity index (χ2n) is 7.69. The average Bonchev–Trinajstić information content (AvgIpc) is 3.07. The monoisotopic (exact) mass is 338 g/mol. The van der Waals surface area contributed by atoms with Crippen molar-refractivity contribution in [1.82, 2.24) is 0 Å². The van der Waals surface area contributed by atoms with Crippen LogP contribution < -0.4 is 0 Å². The van der Waals surface area contributed by atoms with Gasteiger partial charge in [-0.05, 0) is 32.6 Å². The van der Waals surface area contributed by atoms with E-state index in [0.29, 0.717) is 6.42 Å². The van der Waals surface area contributed by atoms with Crippen molar-refractivity contribution in [3.05, 3.63) is 11.6 Å². The van der Waals surface area contributed by atoms with Crippen molar-refractivity contribution in [2.45, 2.75) is 84.7 Å². The second kappa shape index (κ2) is 7.26. The molecule has 24 heavy (non-hydrogen) atoms. The van der Waals surface area contributed by atoms with E-state index in [2.05, 4.69) is 33.8 Å². The molecule has 0 radical (unpaired) electrons. The molecule has 136 valence electrons. The smallest absolute Gasteiger partial charge is 0.303 e. The normalized spacial score (nSPS) is 36.4. The van der Waals surface area contributed by atoms with Crippen LogP contribution in [0.5, 0.6) is 0 Å². The lowest BCUT2D eigenvalue weighted by atomic mass is 9.78. The van der Waals surface area contributed by atoms with Crippen molar-refractivity contribution in [2.24, 2.45) is 11.8 Å². The predicted octanol–water partition coefficient (Wildman–Crippen LogP) is 3.41. The molecule has 1 aliphatic heterocycles. The third kappa shape index (κ3) is 4.38. The molecular formula is C19H30O5. The number of esters is 2. The third-order valence-corrected chi connectivity index (χ3v) is 5.09. The van der Waals surface area contributed by atoms with E-state index in [4.69, 9.17) is 14.2 Å². The van der Waals surface area contributed by atoms with Crippen LogP contribution in [-0.2, 0) is 23.8 Å². The van der Waals surface area contributed by atoms with Crippen LogP contribution in [0.2, 0.25) is 0 Å². The van der Waals surface area contributed by atoms with Crippen molar-refractivity contribution in [3.8, 4) is 0 Å². The van der Waals surface area contributed by atoms with Gasteiger partial charge in [0.25, 0.3) is 0 Å². The maximum Gasteiger partial charge on any atom is 0.303 e. The predicted molar refractivity (Wildman–Crippen MR) is 90.3 cm³/mol. The summed E-state index contributed by atoms with van der Waals surface area (Å²) in [4.78, 5) is 23.3. The average molecular weight is 338 g/mol. The van der Waals surface area contributed by atoms with E-state index >= 15 is 0 Å². The quantitative estimate of drug-likeness (QED) is 0.448. The zero-order valence-corrected chi connectivity index (χ0v) is 15.6. The summed E-state index contributed by atoms with van der Waals surface area (Å²) in [6.45, 7) is 11.1. The Hall–Kier alpha value is -1.36. The molecule has 0 aromatic rings. The Morgan fingerprint density at radius 3 is 2.42 bits per heavy atom. The summed E-state index contributed by atoms with van der Waals surface area (Å²) in [5.41, 5.74) is 0.915. The Labute approximate surface area is 144 Å². The van der Waals surface area contributed by atoms with E-state index in [-0.39, 0.29) is 41.6 Å². The molecule has 0 saturated carbocycles. The first kappa shape index (κ1) is 19.0. The van der Waals surface area contributed by atoms with Crippen LogP contribution in [0.25, 0.3) is 0 Å². The zero-order chi connectivity index (χ0) is 18.1. The van der Waals surface area contributed by atoms with Gasteiger partial charge in [-0.25, -0.2) is 0 Å². The van der Waals surface area contributed by atoms with Gasteiger partial charge in [0, 0.05) is 26.2 Å². The lowest BCUT2D eigenvalue weighted by Gasteiger charge is -2.36. The Kier molecular flexibility index (Phi) is 5.74. The summed E-state index contributed by atoms with van der Waals surface area (Å²) in [6.07, 6.45) is 3.80. The van der Waals surface area contributed by atoms with Gasteiger partial charge < -0.3 is 14.2 Å². The van der Waals surface area contributed by atoms with E-state index in [1.165, 1.54) is 19.4 Å². The highest BCUT2D eigenvalue weighted by Gasteiger charge is 2.60. The molecule has 2 rings (SSSR count). The van der Waals surface area contributed by atoms with E-state index in [1.54, 1.807) is 0 Å². The first-order valence-corrected chi connectivity index (χ1v) is 8.82. The molecule has 1 saturated heterocycles. The largest absolute Gasteiger partial charge is 0.462 e. The number of allylic oxidation sites excluding steroid dienone is 1. The summed E-state index contributed by atoms with van der Waals surface area (Å²) in [5.74, 6) is -0.559. The SMILES string of the molecule is CC(=O)O[C@@H]1[C@@H](C(C)C)[C@H](OC(C)=O)CC(C)=CCC[C@]2(C)O[C@@H]12. The van der Waals surface area contributed by atoms with Crippen LogP contribution >= 0.6 is 0 Å². The maximum absolute atomic E-state index is 11.7. The van der Waals surface area contributed by atoms with Gasteiger partial charge in [0.2, 0.25) is 0 Å². The molecule has 2 aliphatic rings. The summed E-state index contributed by atoms with van der Waals surface area (Å²) in [5, 5.41) is 0. The molecule has 0 aromatic carbocycles. The molecule has 5 heteroatoms. The lowest BCUT2D eigenvalue weighted by Crippen LogP contribution is -2.45. The van der Waals surface area contributed by atoms with E-state index < -0.39 is 6.10 Å². The van der Waals surface area contributed by atoms with E-state index in [0.717, 1.165) is 12.8 Å². The highest BCUT2D eigenvalue weighted by Crippen LogP contribution is 2.48. The number of rotatable bonds is 3. The molecule has 0 bridgehead atoms. The summed E-state index contributed by atoms with van der Waals surface area (Å²) in [6, 6.07) is 0. The minimum atomic E-state index is -0.400. The molecule has 1 heterocycles. The lowest BCUT2D eigenvalue weighted by molar-refractivity contribution is -0.163. The Morgan fingerprint density at radius 1 is 1.25 bits per heavy atom. The van der Waals surface area contributed by atoms with Crippen molar-refractivity contribution in [2.75, 3.05) is 0 Å². The maximum atomic E-state index is 11.7. The number of hydrogen-bond donors (Lipinski definition) is 0. The molecule has 5 atom stereocenters. The number of carbonyl (C=O) groups is 2. The van der Waals surface area contributed by atoms with Crippen LogP contribution in [-0.4, -0.2) is 35.9 Å². The van der Waals surface area contributed by atoms with Crippen LogP contribution in [0.3, 0.4) is 0 Å². The summed E-state index contributed by atoms with van der Waals surface area (Å²) < 4.78 is 17.3. The number of carbonyl (C=O) groups excluding carboxylic acids is 2. The fourth-order valence-electron chi connectivity index (χ4n) is 3.90. The first-order chi connectivity index (χ1) is 11.1. The Balaban J connectivity index is 2.40.